The molecule has 3 fully saturated rings. The zero-order valence-electron chi connectivity index (χ0n) is 16.3. The third kappa shape index (κ3) is 3.85. The number of likely N-dealkylation sites (tertiary alicyclic amines) is 1. The Morgan fingerprint density at radius 1 is 1.13 bits per heavy atom. The number of nitrogens with one attached hydrogen (secondary N) is 1. The van der Waals surface area contributed by atoms with Gasteiger partial charge < -0.3 is 14.8 Å². The predicted octanol–water partition coefficient (Wildman–Crippen LogP) is 2.30. The molecule has 6 atom stereocenters. The van der Waals surface area contributed by atoms with Crippen molar-refractivity contribution in [3.8, 4) is 5.75 Å². The number of fused-ring (bicyclic) bond motifs is 5. The van der Waals surface area contributed by atoms with Crippen molar-refractivity contribution in [3.05, 3.63) is 23.2 Å². The molecule has 8 nitrogen and oxygen atoms in total. The van der Waals surface area contributed by atoms with Gasteiger partial charge in [-0.15, -0.1) is 23.2 Å². The quantitative estimate of drug-likeness (QED) is 0.374. The second kappa shape index (κ2) is 8.48. The Balaban J connectivity index is 1.33. The van der Waals surface area contributed by atoms with Gasteiger partial charge in [0.05, 0.1) is 35.4 Å². The van der Waals surface area contributed by atoms with E-state index in [2.05, 4.69) is 5.32 Å². The first-order valence-electron chi connectivity index (χ1n) is 9.65. The van der Waals surface area contributed by atoms with E-state index in [-0.39, 0.29) is 22.6 Å². The molecule has 1 aromatic rings. The van der Waals surface area contributed by atoms with Crippen molar-refractivity contribution in [1.82, 2.24) is 4.90 Å². The number of benzene rings is 1. The number of imide groups is 1. The van der Waals surface area contributed by atoms with E-state index in [1.165, 1.54) is 13.2 Å². The predicted molar refractivity (Wildman–Crippen MR) is 112 cm³/mol. The average Bonchev–Trinajstić information content (AvgIpc) is 3.33. The molecule has 0 aromatic heterocycles. The number of amides is 3. The number of alkyl halides is 2. The summed E-state index contributed by atoms with van der Waals surface area (Å²) in [6.45, 7) is -1.16. The van der Waals surface area contributed by atoms with Crippen LogP contribution in [0, 0.1) is 23.7 Å². The zero-order valence-corrected chi connectivity index (χ0v) is 18.6. The molecule has 3 amide bonds. The number of carbonyl (C=O) groups is 4. The van der Waals surface area contributed by atoms with Crippen molar-refractivity contribution in [2.45, 2.75) is 17.2 Å². The van der Waals surface area contributed by atoms with Crippen molar-refractivity contribution in [2.24, 2.45) is 23.7 Å². The molecule has 2 bridgehead atoms. The number of rotatable bonds is 6. The highest BCUT2D eigenvalue weighted by molar-refractivity contribution is 6.31. The number of nitrogens with zero attached hydrogens (tertiary/aromatic N) is 1. The monoisotopic (exact) mass is 488 g/mol. The second-order valence-corrected chi connectivity index (χ2v) is 9.26. The number of ether oxygens (including phenoxy) is 2. The van der Waals surface area contributed by atoms with E-state index in [0.717, 1.165) is 4.90 Å². The lowest BCUT2D eigenvalue weighted by atomic mass is 9.80. The van der Waals surface area contributed by atoms with Gasteiger partial charge in [0.1, 0.15) is 12.3 Å². The normalized spacial score (nSPS) is 31.0. The second-order valence-electron chi connectivity index (χ2n) is 7.82. The third-order valence-electron chi connectivity index (χ3n) is 6.17. The van der Waals surface area contributed by atoms with E-state index in [9.17, 15) is 19.2 Å². The lowest BCUT2D eigenvalue weighted by Gasteiger charge is -2.28. The Morgan fingerprint density at radius 2 is 1.74 bits per heavy atom. The molecule has 3 aliphatic rings. The number of esters is 1. The molecule has 1 heterocycles. The van der Waals surface area contributed by atoms with Gasteiger partial charge >= 0.3 is 5.97 Å². The Kier molecular flexibility index (Phi) is 6.07. The van der Waals surface area contributed by atoms with Crippen molar-refractivity contribution in [3.63, 3.8) is 0 Å². The maximum atomic E-state index is 12.7. The first kappa shape index (κ1) is 22.2. The van der Waals surface area contributed by atoms with Crippen LogP contribution in [-0.2, 0) is 23.9 Å². The summed E-state index contributed by atoms with van der Waals surface area (Å²) in [6.07, 6.45) is 0.639. The number of methoxy groups -OCH3 is 1. The van der Waals surface area contributed by atoms with E-state index in [4.69, 9.17) is 44.3 Å². The minimum Gasteiger partial charge on any atom is -0.495 e. The fourth-order valence-corrected chi connectivity index (χ4v) is 5.92. The standard InChI is InChI=1S/C20H19Cl3N2O6/c1-30-12-3-2-8(21)4-11(12)24-13(26)7-31-14(27)6-25-19(28)15-9-5-10(16(15)20(25)29)18(23)17(9)22/h2-4,9-10,15-18H,5-7H2,1H3,(H,24,26)/t9-,10-,15-,16+,17+,18+/m1/s1. The highest BCUT2D eigenvalue weighted by Crippen LogP contribution is 2.59. The van der Waals surface area contributed by atoms with Gasteiger partial charge in [-0.05, 0) is 36.5 Å². The van der Waals surface area contributed by atoms with Gasteiger partial charge in [0.15, 0.2) is 6.61 Å². The highest BCUT2D eigenvalue weighted by Gasteiger charge is 2.66. The van der Waals surface area contributed by atoms with E-state index in [1.807, 2.05) is 0 Å². The zero-order chi connectivity index (χ0) is 22.4. The van der Waals surface area contributed by atoms with Crippen LogP contribution in [-0.4, -0.2) is 59.6 Å². The van der Waals surface area contributed by atoms with Crippen LogP contribution >= 0.6 is 34.8 Å². The van der Waals surface area contributed by atoms with E-state index < -0.39 is 48.7 Å². The molecule has 0 radical (unpaired) electrons. The summed E-state index contributed by atoms with van der Waals surface area (Å²) in [5, 5.41) is 2.17. The van der Waals surface area contributed by atoms with Crippen LogP contribution in [0.5, 0.6) is 5.75 Å². The molecule has 11 heteroatoms. The van der Waals surface area contributed by atoms with Crippen LogP contribution in [0.25, 0.3) is 0 Å². The molecule has 4 rings (SSSR count). The SMILES string of the molecule is COc1ccc(Cl)cc1NC(=O)COC(=O)CN1C(=O)[C@@H]2[C@H]3C[C@@H]([C@H](Cl)[C@H]3Cl)[C@@H]2C1=O. The molecule has 1 aromatic carbocycles. The smallest absolute Gasteiger partial charge is 0.326 e. The summed E-state index contributed by atoms with van der Waals surface area (Å²) in [4.78, 5) is 50.7. The summed E-state index contributed by atoms with van der Waals surface area (Å²) >= 11 is 18.5. The largest absolute Gasteiger partial charge is 0.495 e. The number of hydrogen-bond donors (Lipinski definition) is 1. The Hall–Kier alpha value is -2.03. The first-order valence-corrected chi connectivity index (χ1v) is 10.9. The van der Waals surface area contributed by atoms with Crippen molar-refractivity contribution in [1.29, 1.82) is 0 Å². The molecule has 1 N–H and O–H groups in total. The van der Waals surface area contributed by atoms with Crippen LogP contribution in [0.15, 0.2) is 18.2 Å². The summed E-state index contributed by atoms with van der Waals surface area (Å²) in [5.41, 5.74) is 0.315. The molecule has 2 saturated carbocycles. The lowest BCUT2D eigenvalue weighted by Crippen LogP contribution is -2.38. The minimum atomic E-state index is -0.868. The van der Waals surface area contributed by atoms with Gasteiger partial charge in [0.25, 0.3) is 5.91 Å². The third-order valence-corrected chi connectivity index (χ3v) is 7.72. The summed E-state index contributed by atoms with van der Waals surface area (Å²) in [5.74, 6) is -3.39. The molecular weight excluding hydrogens is 471 g/mol. The van der Waals surface area contributed by atoms with Crippen molar-refractivity contribution < 1.29 is 28.7 Å². The summed E-state index contributed by atoms with van der Waals surface area (Å²) in [7, 11) is 1.43. The number of hydrogen-bond acceptors (Lipinski definition) is 6. The average molecular weight is 490 g/mol. The summed E-state index contributed by atoms with van der Waals surface area (Å²) in [6, 6.07) is 4.67. The maximum Gasteiger partial charge on any atom is 0.326 e. The van der Waals surface area contributed by atoms with Gasteiger partial charge in [-0.25, -0.2) is 0 Å². The fourth-order valence-electron chi connectivity index (χ4n) is 4.85. The number of carbonyl (C=O) groups excluding carboxylic acids is 4. The summed E-state index contributed by atoms with van der Waals surface area (Å²) < 4.78 is 10.1. The van der Waals surface area contributed by atoms with E-state index in [0.29, 0.717) is 22.9 Å². The van der Waals surface area contributed by atoms with Crippen molar-refractivity contribution >= 4 is 64.2 Å². The number of anilines is 1. The van der Waals surface area contributed by atoms with Crippen molar-refractivity contribution in [2.75, 3.05) is 25.6 Å². The fraction of sp³-hybridized carbons (Fsp3) is 0.500. The van der Waals surface area contributed by atoms with Gasteiger partial charge in [0, 0.05) is 5.02 Å². The van der Waals surface area contributed by atoms with Crippen LogP contribution < -0.4 is 10.1 Å². The highest BCUT2D eigenvalue weighted by atomic mass is 35.5. The number of halogens is 3. The topological polar surface area (TPSA) is 102 Å². The Labute approximate surface area is 193 Å². The molecular formula is C20H19Cl3N2O6. The molecule has 1 saturated heterocycles. The Bertz CT molecular complexity index is 925. The molecule has 0 unspecified atom stereocenters. The molecule has 166 valence electrons. The first-order chi connectivity index (χ1) is 14.7. The lowest BCUT2D eigenvalue weighted by molar-refractivity contribution is -0.154. The van der Waals surface area contributed by atoms with E-state index in [1.54, 1.807) is 12.1 Å². The molecule has 2 aliphatic carbocycles. The van der Waals surface area contributed by atoms with Gasteiger partial charge in [-0.2, -0.15) is 0 Å². The van der Waals surface area contributed by atoms with Gasteiger partial charge in [-0.1, -0.05) is 11.6 Å². The maximum absolute atomic E-state index is 12.7. The van der Waals surface area contributed by atoms with Gasteiger partial charge in [0.2, 0.25) is 11.8 Å². The molecule has 31 heavy (non-hydrogen) atoms. The van der Waals surface area contributed by atoms with Crippen LogP contribution in [0.3, 0.4) is 0 Å². The van der Waals surface area contributed by atoms with Crippen LogP contribution in [0.4, 0.5) is 5.69 Å². The van der Waals surface area contributed by atoms with Gasteiger partial charge in [-0.3, -0.25) is 24.1 Å². The van der Waals surface area contributed by atoms with E-state index >= 15 is 0 Å². The Morgan fingerprint density at radius 3 is 2.32 bits per heavy atom. The van der Waals surface area contributed by atoms with Crippen LogP contribution in [0.1, 0.15) is 6.42 Å². The minimum absolute atomic E-state index is 0.171. The van der Waals surface area contributed by atoms with Crippen LogP contribution in [0.2, 0.25) is 5.02 Å². The molecule has 1 aliphatic heterocycles. The molecule has 0 spiro atoms.